The van der Waals surface area contributed by atoms with Gasteiger partial charge in [0.05, 0.1) is 10.4 Å². The first-order chi connectivity index (χ1) is 9.19. The van der Waals surface area contributed by atoms with E-state index in [-0.39, 0.29) is 18.6 Å². The van der Waals surface area contributed by atoms with Crippen LogP contribution in [0.4, 0.5) is 0 Å². The standard InChI is InChI=1S/C14H18N2O2S/c1-16-6-4-12(5-7-16)15-14(18)11-9-13(19-10-11)3-2-8-17/h9-10,12,17H,4-8H2,1H3,(H,15,18). The third-order valence-electron chi connectivity index (χ3n) is 3.21. The molecule has 0 bridgehead atoms. The number of aliphatic hydroxyl groups excluding tert-OH is 1. The van der Waals surface area contributed by atoms with Crippen LogP contribution in [-0.2, 0) is 0 Å². The first-order valence-electron chi connectivity index (χ1n) is 6.36. The highest BCUT2D eigenvalue weighted by atomic mass is 32.1. The Morgan fingerprint density at radius 2 is 2.32 bits per heavy atom. The molecule has 102 valence electrons. The van der Waals surface area contributed by atoms with Crippen LogP contribution in [0.3, 0.4) is 0 Å². The van der Waals surface area contributed by atoms with Crippen molar-refractivity contribution in [3.05, 3.63) is 21.9 Å². The molecular formula is C14H18N2O2S. The number of nitrogens with one attached hydrogen (secondary N) is 1. The lowest BCUT2D eigenvalue weighted by Gasteiger charge is -2.29. The van der Waals surface area contributed by atoms with Crippen LogP contribution in [0.15, 0.2) is 11.4 Å². The smallest absolute Gasteiger partial charge is 0.252 e. The number of rotatable bonds is 2. The maximum absolute atomic E-state index is 12.1. The van der Waals surface area contributed by atoms with Gasteiger partial charge in [0.25, 0.3) is 5.91 Å². The lowest BCUT2D eigenvalue weighted by molar-refractivity contribution is 0.0917. The van der Waals surface area contributed by atoms with Gasteiger partial charge in [0.2, 0.25) is 0 Å². The van der Waals surface area contributed by atoms with E-state index in [4.69, 9.17) is 5.11 Å². The van der Waals surface area contributed by atoms with Gasteiger partial charge >= 0.3 is 0 Å². The first-order valence-corrected chi connectivity index (χ1v) is 7.24. The minimum Gasteiger partial charge on any atom is -0.384 e. The molecule has 1 aliphatic rings. The summed E-state index contributed by atoms with van der Waals surface area (Å²) in [5.74, 6) is 5.37. The second-order valence-electron chi connectivity index (χ2n) is 4.71. The fourth-order valence-electron chi connectivity index (χ4n) is 2.07. The van der Waals surface area contributed by atoms with E-state index in [0.29, 0.717) is 5.56 Å². The van der Waals surface area contributed by atoms with Crippen molar-refractivity contribution in [2.75, 3.05) is 26.7 Å². The molecule has 1 saturated heterocycles. The van der Waals surface area contributed by atoms with E-state index >= 15 is 0 Å². The van der Waals surface area contributed by atoms with Crippen LogP contribution in [0.25, 0.3) is 0 Å². The molecular weight excluding hydrogens is 260 g/mol. The average molecular weight is 278 g/mol. The molecule has 0 aliphatic carbocycles. The monoisotopic (exact) mass is 278 g/mol. The number of carbonyl (C=O) groups is 1. The molecule has 0 unspecified atom stereocenters. The molecule has 1 fully saturated rings. The van der Waals surface area contributed by atoms with Gasteiger partial charge in [-0.05, 0) is 39.0 Å². The predicted octanol–water partition coefficient (Wildman–Crippen LogP) is 0.916. The van der Waals surface area contributed by atoms with Crippen LogP contribution in [-0.4, -0.2) is 48.7 Å². The minimum absolute atomic E-state index is 0.0251. The second kappa shape index (κ2) is 6.71. The van der Waals surface area contributed by atoms with Gasteiger partial charge in [-0.25, -0.2) is 0 Å². The van der Waals surface area contributed by atoms with Gasteiger partial charge in [0, 0.05) is 11.4 Å². The molecule has 0 spiro atoms. The Hall–Kier alpha value is -1.35. The summed E-state index contributed by atoms with van der Waals surface area (Å²) in [5.41, 5.74) is 0.658. The number of amides is 1. The molecule has 1 aromatic heterocycles. The largest absolute Gasteiger partial charge is 0.384 e. The summed E-state index contributed by atoms with van der Waals surface area (Å²) in [6.07, 6.45) is 2.01. The van der Waals surface area contributed by atoms with Gasteiger partial charge in [-0.3, -0.25) is 4.79 Å². The molecule has 0 atom stereocenters. The number of carbonyl (C=O) groups excluding carboxylic acids is 1. The van der Waals surface area contributed by atoms with Gasteiger partial charge in [0.15, 0.2) is 0 Å². The quantitative estimate of drug-likeness (QED) is 0.791. The molecule has 4 nitrogen and oxygen atoms in total. The van der Waals surface area contributed by atoms with Crippen molar-refractivity contribution in [3.63, 3.8) is 0 Å². The fraction of sp³-hybridized carbons (Fsp3) is 0.500. The Balaban J connectivity index is 1.91. The summed E-state index contributed by atoms with van der Waals surface area (Å²) in [6.45, 7) is 1.90. The lowest BCUT2D eigenvalue weighted by Crippen LogP contribution is -2.43. The van der Waals surface area contributed by atoms with E-state index in [9.17, 15) is 4.79 Å². The van der Waals surface area contributed by atoms with E-state index in [0.717, 1.165) is 30.8 Å². The molecule has 0 aromatic carbocycles. The van der Waals surface area contributed by atoms with Crippen molar-refractivity contribution in [1.29, 1.82) is 0 Å². The number of likely N-dealkylation sites (tertiary alicyclic amines) is 1. The topological polar surface area (TPSA) is 52.6 Å². The summed E-state index contributed by atoms with van der Waals surface area (Å²) < 4.78 is 0. The van der Waals surface area contributed by atoms with Crippen LogP contribution in [0.1, 0.15) is 28.1 Å². The molecule has 19 heavy (non-hydrogen) atoms. The van der Waals surface area contributed by atoms with E-state index < -0.39 is 0 Å². The van der Waals surface area contributed by atoms with Crippen LogP contribution >= 0.6 is 11.3 Å². The van der Waals surface area contributed by atoms with E-state index in [1.165, 1.54) is 11.3 Å². The summed E-state index contributed by atoms with van der Waals surface area (Å²) in [6, 6.07) is 2.05. The predicted molar refractivity (Wildman–Crippen MR) is 76.3 cm³/mol. The Bertz CT molecular complexity index is 493. The number of aliphatic hydroxyl groups is 1. The van der Waals surface area contributed by atoms with Gasteiger partial charge in [-0.15, -0.1) is 11.3 Å². The molecule has 2 rings (SSSR count). The fourth-order valence-corrected chi connectivity index (χ4v) is 2.82. The van der Waals surface area contributed by atoms with Crippen molar-refractivity contribution in [1.82, 2.24) is 10.2 Å². The zero-order valence-corrected chi connectivity index (χ0v) is 11.8. The third-order valence-corrected chi connectivity index (χ3v) is 4.05. The number of nitrogens with zero attached hydrogens (tertiary/aromatic N) is 1. The number of hydrogen-bond donors (Lipinski definition) is 2. The summed E-state index contributed by atoms with van der Waals surface area (Å²) in [4.78, 5) is 15.1. The lowest BCUT2D eigenvalue weighted by atomic mass is 10.1. The number of hydrogen-bond acceptors (Lipinski definition) is 4. The highest BCUT2D eigenvalue weighted by Gasteiger charge is 2.19. The van der Waals surface area contributed by atoms with Crippen molar-refractivity contribution in [2.45, 2.75) is 18.9 Å². The van der Waals surface area contributed by atoms with Crippen molar-refractivity contribution in [2.24, 2.45) is 0 Å². The Morgan fingerprint density at radius 3 is 3.00 bits per heavy atom. The van der Waals surface area contributed by atoms with Crippen LogP contribution in [0, 0.1) is 11.8 Å². The van der Waals surface area contributed by atoms with Crippen molar-refractivity contribution < 1.29 is 9.90 Å². The minimum atomic E-state index is -0.158. The molecule has 1 aliphatic heterocycles. The van der Waals surface area contributed by atoms with Gasteiger partial charge in [-0.2, -0.15) is 0 Å². The van der Waals surface area contributed by atoms with Gasteiger partial charge < -0.3 is 15.3 Å². The third kappa shape index (κ3) is 4.06. The molecule has 0 radical (unpaired) electrons. The maximum atomic E-state index is 12.1. The molecule has 1 amide bonds. The Labute approximate surface area is 117 Å². The van der Waals surface area contributed by atoms with Crippen molar-refractivity contribution >= 4 is 17.2 Å². The molecule has 0 saturated carbocycles. The molecule has 1 aromatic rings. The summed E-state index contributed by atoms with van der Waals surface area (Å²) in [5, 5.41) is 13.5. The molecule has 2 heterocycles. The van der Waals surface area contributed by atoms with E-state index in [1.807, 2.05) is 5.38 Å². The zero-order valence-electron chi connectivity index (χ0n) is 11.0. The van der Waals surface area contributed by atoms with Crippen molar-refractivity contribution in [3.8, 4) is 11.8 Å². The molecule has 2 N–H and O–H groups in total. The number of thiophene rings is 1. The van der Waals surface area contributed by atoms with Crippen LogP contribution in [0.5, 0.6) is 0 Å². The Kier molecular flexibility index (Phi) is 4.97. The zero-order chi connectivity index (χ0) is 13.7. The first kappa shape index (κ1) is 14.1. The van der Waals surface area contributed by atoms with Gasteiger partial charge in [0.1, 0.15) is 6.61 Å². The van der Waals surface area contributed by atoms with Gasteiger partial charge in [-0.1, -0.05) is 11.8 Å². The van der Waals surface area contributed by atoms with Crippen LogP contribution < -0.4 is 5.32 Å². The van der Waals surface area contributed by atoms with E-state index in [1.54, 1.807) is 6.07 Å². The average Bonchev–Trinajstić information content (AvgIpc) is 2.88. The Morgan fingerprint density at radius 1 is 1.58 bits per heavy atom. The SMILES string of the molecule is CN1CCC(NC(=O)c2csc(C#CCO)c2)CC1. The molecule has 5 heteroatoms. The normalized spacial score (nSPS) is 16.7. The maximum Gasteiger partial charge on any atom is 0.252 e. The highest BCUT2D eigenvalue weighted by molar-refractivity contribution is 7.10. The summed E-state index contributed by atoms with van der Waals surface area (Å²) in [7, 11) is 2.10. The highest BCUT2D eigenvalue weighted by Crippen LogP contribution is 2.15. The number of piperidine rings is 1. The summed E-state index contributed by atoms with van der Waals surface area (Å²) >= 11 is 1.43. The van der Waals surface area contributed by atoms with Crippen LogP contribution in [0.2, 0.25) is 0 Å². The van der Waals surface area contributed by atoms with E-state index in [2.05, 4.69) is 29.1 Å². The second-order valence-corrected chi connectivity index (χ2v) is 5.62.